The Hall–Kier alpha value is -1.31. The number of carbonyl (C=O) groups excluding carboxylic acids is 1. The third kappa shape index (κ3) is 5.15. The van der Waals surface area contributed by atoms with Gasteiger partial charge in [0, 0.05) is 18.9 Å². The van der Waals surface area contributed by atoms with E-state index >= 15 is 0 Å². The number of hydrogen-bond donors (Lipinski definition) is 2. The number of carbonyl (C=O) groups is 1. The zero-order chi connectivity index (χ0) is 15.5. The summed E-state index contributed by atoms with van der Waals surface area (Å²) in [6.45, 7) is 0.802. The molecule has 1 amide bonds. The van der Waals surface area contributed by atoms with Crippen LogP contribution in [0.5, 0.6) is 0 Å². The Labute approximate surface area is 132 Å². The molecule has 0 bridgehead atoms. The van der Waals surface area contributed by atoms with E-state index in [0.717, 1.165) is 0 Å². The molecule has 0 saturated carbocycles. The molecule has 2 rings (SSSR count). The topological polar surface area (TPSA) is 64.4 Å². The lowest BCUT2D eigenvalue weighted by Crippen LogP contribution is -2.54. The van der Waals surface area contributed by atoms with Crippen molar-refractivity contribution in [3.63, 3.8) is 0 Å². The number of nitrogens with two attached hydrogens (primary N) is 1. The van der Waals surface area contributed by atoms with E-state index in [4.69, 9.17) is 10.5 Å². The third-order valence-corrected chi connectivity index (χ3v) is 3.43. The van der Waals surface area contributed by atoms with Crippen LogP contribution in [0, 0.1) is 0 Å². The second-order valence-electron chi connectivity index (χ2n) is 5.21. The minimum Gasteiger partial charge on any atom is -0.381 e. The zero-order valence-corrected chi connectivity index (χ0v) is 12.6. The fourth-order valence-corrected chi connectivity index (χ4v) is 2.21. The first-order chi connectivity index (χ1) is 9.78. The lowest BCUT2D eigenvalue weighted by Gasteiger charge is -2.31. The minimum absolute atomic E-state index is 0. The van der Waals surface area contributed by atoms with Crippen molar-refractivity contribution in [2.75, 3.05) is 18.5 Å². The molecule has 0 unspecified atom stereocenters. The van der Waals surface area contributed by atoms with E-state index in [9.17, 15) is 18.0 Å². The fourth-order valence-electron chi connectivity index (χ4n) is 2.21. The van der Waals surface area contributed by atoms with Crippen molar-refractivity contribution in [1.29, 1.82) is 0 Å². The van der Waals surface area contributed by atoms with Gasteiger partial charge in [-0.25, -0.2) is 0 Å². The van der Waals surface area contributed by atoms with Gasteiger partial charge in [-0.1, -0.05) is 12.1 Å². The summed E-state index contributed by atoms with van der Waals surface area (Å²) in [7, 11) is 0. The van der Waals surface area contributed by atoms with E-state index in [2.05, 4.69) is 5.32 Å². The van der Waals surface area contributed by atoms with Gasteiger partial charge in [0.1, 0.15) is 5.54 Å². The number of ether oxygens (including phenoxy) is 1. The summed E-state index contributed by atoms with van der Waals surface area (Å²) in [5.74, 6) is -0.394. The van der Waals surface area contributed by atoms with Gasteiger partial charge >= 0.3 is 6.18 Å². The Morgan fingerprint density at radius 2 is 1.95 bits per heavy atom. The van der Waals surface area contributed by atoms with Crippen molar-refractivity contribution in [3.8, 4) is 0 Å². The lowest BCUT2D eigenvalue weighted by molar-refractivity contribution is -0.127. The van der Waals surface area contributed by atoms with Crippen molar-refractivity contribution in [3.05, 3.63) is 29.8 Å². The van der Waals surface area contributed by atoms with E-state index in [1.807, 2.05) is 0 Å². The highest BCUT2D eigenvalue weighted by atomic mass is 35.5. The van der Waals surface area contributed by atoms with Gasteiger partial charge in [0.05, 0.1) is 6.42 Å². The van der Waals surface area contributed by atoms with E-state index in [1.54, 1.807) is 6.07 Å². The van der Waals surface area contributed by atoms with Crippen LogP contribution in [-0.2, 0) is 16.0 Å². The van der Waals surface area contributed by atoms with Gasteiger partial charge in [0.2, 0.25) is 5.91 Å². The van der Waals surface area contributed by atoms with Gasteiger partial charge in [-0.2, -0.15) is 13.2 Å². The van der Waals surface area contributed by atoms with Gasteiger partial charge in [-0.3, -0.25) is 4.79 Å². The molecule has 3 N–H and O–H groups in total. The molecule has 0 aromatic heterocycles. The van der Waals surface area contributed by atoms with E-state index in [1.165, 1.54) is 18.2 Å². The quantitative estimate of drug-likeness (QED) is 0.890. The smallest absolute Gasteiger partial charge is 0.381 e. The first kappa shape index (κ1) is 18.7. The summed E-state index contributed by atoms with van der Waals surface area (Å²) in [6.07, 6.45) is -4.53. The zero-order valence-electron chi connectivity index (χ0n) is 11.8. The lowest BCUT2D eigenvalue weighted by atomic mass is 9.90. The van der Waals surface area contributed by atoms with Crippen molar-refractivity contribution in [1.82, 2.24) is 0 Å². The number of alkyl halides is 3. The Bertz CT molecular complexity index is 517. The SMILES string of the molecule is Cl.NC1(C(=O)Nc2cccc(CC(F)(F)F)c2)CCOCC1. The molecule has 0 radical (unpaired) electrons. The maximum Gasteiger partial charge on any atom is 0.393 e. The van der Waals surface area contributed by atoms with Crippen LogP contribution in [0.25, 0.3) is 0 Å². The molecular weight excluding hydrogens is 321 g/mol. The van der Waals surface area contributed by atoms with Gasteiger partial charge in [-0.15, -0.1) is 12.4 Å². The summed E-state index contributed by atoms with van der Waals surface area (Å²) < 4.78 is 42.3. The Kier molecular flexibility index (Phi) is 6.22. The van der Waals surface area contributed by atoms with Crippen LogP contribution < -0.4 is 11.1 Å². The predicted molar refractivity (Wildman–Crippen MR) is 79.1 cm³/mol. The van der Waals surface area contributed by atoms with Crippen LogP contribution in [0.2, 0.25) is 0 Å². The number of amides is 1. The van der Waals surface area contributed by atoms with Crippen molar-refractivity contribution >= 4 is 24.0 Å². The molecule has 8 heteroatoms. The molecule has 22 heavy (non-hydrogen) atoms. The van der Waals surface area contributed by atoms with Gasteiger partial charge < -0.3 is 15.8 Å². The number of hydrogen-bond acceptors (Lipinski definition) is 3. The van der Waals surface area contributed by atoms with Crippen LogP contribution in [0.1, 0.15) is 18.4 Å². The molecule has 0 atom stereocenters. The monoisotopic (exact) mass is 338 g/mol. The first-order valence-electron chi connectivity index (χ1n) is 6.62. The summed E-state index contributed by atoms with van der Waals surface area (Å²) >= 11 is 0. The average Bonchev–Trinajstić information content (AvgIpc) is 2.38. The van der Waals surface area contributed by atoms with Gasteiger partial charge in [0.15, 0.2) is 0 Å². The second kappa shape index (κ2) is 7.30. The van der Waals surface area contributed by atoms with Crippen LogP contribution in [0.3, 0.4) is 0 Å². The third-order valence-electron chi connectivity index (χ3n) is 3.43. The second-order valence-corrected chi connectivity index (χ2v) is 5.21. The first-order valence-corrected chi connectivity index (χ1v) is 6.62. The van der Waals surface area contributed by atoms with Crippen LogP contribution in [0.4, 0.5) is 18.9 Å². The molecular formula is C14H18ClF3N2O2. The van der Waals surface area contributed by atoms with Crippen LogP contribution >= 0.6 is 12.4 Å². The predicted octanol–water partition coefficient (Wildman–Crippen LogP) is 2.66. The number of anilines is 1. The maximum atomic E-state index is 12.4. The largest absolute Gasteiger partial charge is 0.393 e. The molecule has 1 heterocycles. The molecule has 1 aromatic carbocycles. The average molecular weight is 339 g/mol. The molecule has 4 nitrogen and oxygen atoms in total. The van der Waals surface area contributed by atoms with Crippen LogP contribution in [-0.4, -0.2) is 30.8 Å². The highest BCUT2D eigenvalue weighted by Gasteiger charge is 2.36. The fraction of sp³-hybridized carbons (Fsp3) is 0.500. The number of rotatable bonds is 3. The number of nitrogens with one attached hydrogen (secondary N) is 1. The maximum absolute atomic E-state index is 12.4. The molecule has 1 aromatic rings. The normalized spacial score (nSPS) is 17.5. The van der Waals surface area contributed by atoms with Crippen LogP contribution in [0.15, 0.2) is 24.3 Å². The molecule has 1 aliphatic rings. The van der Waals surface area contributed by atoms with Gasteiger partial charge in [0.25, 0.3) is 0 Å². The highest BCUT2D eigenvalue weighted by Crippen LogP contribution is 2.24. The van der Waals surface area contributed by atoms with E-state index < -0.39 is 24.0 Å². The Morgan fingerprint density at radius 3 is 2.55 bits per heavy atom. The molecule has 1 fully saturated rings. The van der Waals surface area contributed by atoms with E-state index in [-0.39, 0.29) is 18.0 Å². The molecule has 124 valence electrons. The molecule has 0 spiro atoms. The number of halogens is 4. The van der Waals surface area contributed by atoms with E-state index in [0.29, 0.717) is 31.7 Å². The van der Waals surface area contributed by atoms with Crippen molar-refractivity contribution in [2.24, 2.45) is 5.73 Å². The molecule has 1 aliphatic heterocycles. The summed E-state index contributed by atoms with van der Waals surface area (Å²) in [5, 5.41) is 2.59. The van der Waals surface area contributed by atoms with Gasteiger partial charge in [-0.05, 0) is 30.5 Å². The minimum atomic E-state index is -4.28. The molecule has 0 aliphatic carbocycles. The standard InChI is InChI=1S/C14H17F3N2O2.ClH/c15-14(16,17)9-10-2-1-3-11(8-10)19-12(20)13(18)4-6-21-7-5-13;/h1-3,8H,4-7,9,18H2,(H,19,20);1H. The molecule has 1 saturated heterocycles. The number of benzene rings is 1. The summed E-state index contributed by atoms with van der Waals surface area (Å²) in [4.78, 5) is 12.2. The van der Waals surface area contributed by atoms with Crippen molar-refractivity contribution < 1.29 is 22.7 Å². The Balaban J connectivity index is 0.00000242. The van der Waals surface area contributed by atoms with Crippen molar-refractivity contribution in [2.45, 2.75) is 31.0 Å². The Morgan fingerprint density at radius 1 is 1.32 bits per heavy atom. The summed E-state index contributed by atoms with van der Waals surface area (Å²) in [6, 6.07) is 5.70. The highest BCUT2D eigenvalue weighted by molar-refractivity contribution is 5.98. The summed E-state index contributed by atoms with van der Waals surface area (Å²) in [5.41, 5.74) is 5.40.